The van der Waals surface area contributed by atoms with Crippen molar-refractivity contribution in [1.29, 1.82) is 0 Å². The van der Waals surface area contributed by atoms with Crippen molar-refractivity contribution >= 4 is 19.6 Å². The lowest BCUT2D eigenvalue weighted by atomic mass is 9.63. The number of thioether (sulfide) groups is 1. The highest BCUT2D eigenvalue weighted by atomic mass is 32.2. The number of fused-ring (bicyclic) bond motifs is 3. The van der Waals surface area contributed by atoms with E-state index in [4.69, 9.17) is 12.6 Å². The molecule has 2 aliphatic carbocycles. The van der Waals surface area contributed by atoms with E-state index in [0.29, 0.717) is 11.4 Å². The van der Waals surface area contributed by atoms with Crippen molar-refractivity contribution < 1.29 is 4.74 Å². The van der Waals surface area contributed by atoms with Crippen molar-refractivity contribution in [2.75, 3.05) is 6.61 Å². The summed E-state index contributed by atoms with van der Waals surface area (Å²) in [6.45, 7) is 5.55. The molecule has 0 aromatic heterocycles. The molecular formula is C17H29BOS. The Labute approximate surface area is 130 Å². The fourth-order valence-corrected chi connectivity index (χ4v) is 6.91. The second-order valence-corrected chi connectivity index (χ2v) is 8.72. The van der Waals surface area contributed by atoms with Crippen LogP contribution in [0.2, 0.25) is 5.82 Å². The molecule has 0 aromatic rings. The predicted octanol–water partition coefficient (Wildman–Crippen LogP) is 4.46. The largest absolute Gasteiger partial charge is 0.379 e. The molecule has 3 heteroatoms. The van der Waals surface area contributed by atoms with Crippen molar-refractivity contribution in [3.05, 3.63) is 0 Å². The summed E-state index contributed by atoms with van der Waals surface area (Å²) in [5.41, 5.74) is 0. The van der Waals surface area contributed by atoms with Crippen LogP contribution < -0.4 is 0 Å². The lowest BCUT2D eigenvalue weighted by molar-refractivity contribution is 0.0138. The van der Waals surface area contributed by atoms with Crippen LogP contribution in [0.1, 0.15) is 58.8 Å². The quantitative estimate of drug-likeness (QED) is 0.559. The van der Waals surface area contributed by atoms with Gasteiger partial charge in [-0.25, -0.2) is 0 Å². The minimum absolute atomic E-state index is 0.275. The smallest absolute Gasteiger partial charge is 0.0750 e. The van der Waals surface area contributed by atoms with Crippen molar-refractivity contribution in [2.24, 2.45) is 17.8 Å². The Balaban J connectivity index is 1.60. The fourth-order valence-electron chi connectivity index (χ4n) is 4.63. The Morgan fingerprint density at radius 2 is 1.95 bits per heavy atom. The molecule has 7 unspecified atom stereocenters. The lowest BCUT2D eigenvalue weighted by Gasteiger charge is -2.40. The second-order valence-electron chi connectivity index (χ2n) is 7.30. The molecule has 3 aliphatic rings. The number of unbranched alkanes of at least 4 members (excludes halogenated alkanes) is 1. The van der Waals surface area contributed by atoms with E-state index in [-0.39, 0.29) is 5.82 Å². The van der Waals surface area contributed by atoms with E-state index >= 15 is 0 Å². The van der Waals surface area contributed by atoms with Gasteiger partial charge in [0.2, 0.25) is 0 Å². The zero-order valence-corrected chi connectivity index (χ0v) is 13.9. The first-order valence-corrected chi connectivity index (χ1v) is 9.67. The van der Waals surface area contributed by atoms with Crippen molar-refractivity contribution in [3.63, 3.8) is 0 Å². The molecular weight excluding hydrogens is 263 g/mol. The van der Waals surface area contributed by atoms with E-state index in [1.807, 2.05) is 0 Å². The highest BCUT2D eigenvalue weighted by Crippen LogP contribution is 2.58. The van der Waals surface area contributed by atoms with Gasteiger partial charge in [0, 0.05) is 17.1 Å². The van der Waals surface area contributed by atoms with Gasteiger partial charge in [0.15, 0.2) is 0 Å². The van der Waals surface area contributed by atoms with Crippen LogP contribution in [0.3, 0.4) is 0 Å². The van der Waals surface area contributed by atoms with Gasteiger partial charge in [-0.1, -0.05) is 26.7 Å². The minimum Gasteiger partial charge on any atom is -0.379 e. The van der Waals surface area contributed by atoms with Crippen LogP contribution in [0, 0.1) is 17.8 Å². The van der Waals surface area contributed by atoms with Gasteiger partial charge < -0.3 is 4.74 Å². The van der Waals surface area contributed by atoms with Crippen molar-refractivity contribution in [2.45, 2.75) is 81.2 Å². The topological polar surface area (TPSA) is 9.23 Å². The van der Waals surface area contributed by atoms with Gasteiger partial charge in [-0.05, 0) is 55.7 Å². The summed E-state index contributed by atoms with van der Waals surface area (Å²) in [5.74, 6) is 3.05. The van der Waals surface area contributed by atoms with Crippen LogP contribution in [-0.4, -0.2) is 31.1 Å². The maximum absolute atomic E-state index is 6.59. The first-order valence-electron chi connectivity index (χ1n) is 8.73. The van der Waals surface area contributed by atoms with E-state index in [1.165, 1.54) is 44.9 Å². The average Bonchev–Trinajstić information content (AvgIpc) is 2.80. The molecule has 7 atom stereocenters. The van der Waals surface area contributed by atoms with E-state index in [1.54, 1.807) is 0 Å². The maximum Gasteiger partial charge on any atom is 0.0750 e. The van der Waals surface area contributed by atoms with Gasteiger partial charge in [0.1, 0.15) is 0 Å². The monoisotopic (exact) mass is 292 g/mol. The number of hydrogen-bond donors (Lipinski definition) is 0. The van der Waals surface area contributed by atoms with Crippen LogP contribution in [0.4, 0.5) is 0 Å². The number of rotatable bonds is 4. The molecule has 3 fully saturated rings. The lowest BCUT2D eigenvalue weighted by Crippen LogP contribution is -2.38. The third-order valence-corrected chi connectivity index (χ3v) is 7.70. The van der Waals surface area contributed by atoms with E-state index in [2.05, 4.69) is 25.6 Å². The van der Waals surface area contributed by atoms with Gasteiger partial charge >= 0.3 is 0 Å². The first-order chi connectivity index (χ1) is 9.70. The normalized spacial score (nSPS) is 47.8. The van der Waals surface area contributed by atoms with E-state index in [9.17, 15) is 0 Å². The molecule has 2 saturated carbocycles. The van der Waals surface area contributed by atoms with Gasteiger partial charge in [0.05, 0.1) is 14.0 Å². The van der Waals surface area contributed by atoms with Crippen molar-refractivity contribution in [3.8, 4) is 0 Å². The zero-order chi connectivity index (χ0) is 14.1. The van der Waals surface area contributed by atoms with Crippen molar-refractivity contribution in [1.82, 2.24) is 0 Å². The molecule has 1 aliphatic heterocycles. The third kappa shape index (κ3) is 2.95. The highest BCUT2D eigenvalue weighted by molar-refractivity contribution is 8.00. The van der Waals surface area contributed by atoms with E-state index < -0.39 is 0 Å². The van der Waals surface area contributed by atoms with Gasteiger partial charge in [0.25, 0.3) is 0 Å². The van der Waals surface area contributed by atoms with Crippen LogP contribution >= 0.6 is 11.8 Å². The summed E-state index contributed by atoms with van der Waals surface area (Å²) in [5, 5.41) is 1.57. The second kappa shape index (κ2) is 6.65. The summed E-state index contributed by atoms with van der Waals surface area (Å²) < 4.78 is 6.08. The van der Waals surface area contributed by atoms with Crippen LogP contribution in [0.15, 0.2) is 0 Å². The molecule has 2 radical (unpaired) electrons. The van der Waals surface area contributed by atoms with Crippen LogP contribution in [0.5, 0.6) is 0 Å². The molecule has 1 saturated heterocycles. The Bertz CT molecular complexity index is 324. The molecule has 20 heavy (non-hydrogen) atoms. The average molecular weight is 292 g/mol. The van der Waals surface area contributed by atoms with Gasteiger partial charge in [-0.15, -0.1) is 0 Å². The Hall–Kier alpha value is 0.375. The summed E-state index contributed by atoms with van der Waals surface area (Å²) in [6.07, 6.45) is 9.59. The first kappa shape index (κ1) is 15.3. The molecule has 0 spiro atoms. The van der Waals surface area contributed by atoms with Gasteiger partial charge in [-0.2, -0.15) is 11.8 Å². The highest BCUT2D eigenvalue weighted by Gasteiger charge is 2.50. The van der Waals surface area contributed by atoms with E-state index in [0.717, 1.165) is 29.6 Å². The minimum atomic E-state index is 0.275. The van der Waals surface area contributed by atoms with Crippen LogP contribution in [-0.2, 0) is 4.74 Å². The molecule has 0 bridgehead atoms. The summed E-state index contributed by atoms with van der Waals surface area (Å²) in [4.78, 5) is 0. The molecule has 1 nitrogen and oxygen atoms in total. The third-order valence-electron chi connectivity index (χ3n) is 5.83. The maximum atomic E-state index is 6.59. The summed E-state index contributed by atoms with van der Waals surface area (Å²) >= 11 is 2.23. The standard InChI is InChI=1S/C17H29BOS/c1-3-4-9-19-14-8-7-13-12-6-5-11(2)10-15(12)20-17(13)16(14)18/h11-17H,3-10H2,1-2H3. The number of ether oxygens (including phenoxy) is 1. The molecule has 0 aromatic carbocycles. The SMILES string of the molecule is [B]C1C(OCCCC)CCC2C3CCC(C)CC3SC12. The Morgan fingerprint density at radius 3 is 2.75 bits per heavy atom. The Kier molecular flexibility index (Phi) is 5.08. The molecule has 1 heterocycles. The Morgan fingerprint density at radius 1 is 1.15 bits per heavy atom. The fraction of sp³-hybridized carbons (Fsp3) is 1.00. The van der Waals surface area contributed by atoms with Gasteiger partial charge in [-0.3, -0.25) is 0 Å². The predicted molar refractivity (Wildman–Crippen MR) is 88.5 cm³/mol. The molecule has 3 rings (SSSR count). The summed E-state index contributed by atoms with van der Waals surface area (Å²) in [7, 11) is 6.59. The zero-order valence-electron chi connectivity index (χ0n) is 13.1. The molecule has 0 N–H and O–H groups in total. The number of hydrogen-bond acceptors (Lipinski definition) is 2. The molecule has 0 amide bonds. The molecule has 112 valence electrons. The summed E-state index contributed by atoms with van der Waals surface area (Å²) in [6, 6.07) is 0. The van der Waals surface area contributed by atoms with Crippen LogP contribution in [0.25, 0.3) is 0 Å².